The maximum Gasteiger partial charge on any atom is 0.258 e. The number of H-pyrrole nitrogens is 1. The van der Waals surface area contributed by atoms with Crippen LogP contribution >= 0.6 is 11.3 Å². The van der Waals surface area contributed by atoms with Gasteiger partial charge < -0.3 is 16.0 Å². The number of nitrogens with two attached hydrogens (primary N) is 1. The third-order valence-electron chi connectivity index (χ3n) is 2.05. The molecule has 0 unspecified atom stereocenters. The summed E-state index contributed by atoms with van der Waals surface area (Å²) in [6.45, 7) is 1.38. The van der Waals surface area contributed by atoms with Crippen molar-refractivity contribution in [3.05, 3.63) is 40.1 Å². The zero-order chi connectivity index (χ0) is 11.4. The second-order valence-electron chi connectivity index (χ2n) is 3.27. The van der Waals surface area contributed by atoms with Crippen molar-refractivity contribution in [2.75, 3.05) is 0 Å². The molecule has 0 atom stereocenters. The van der Waals surface area contributed by atoms with Crippen LogP contribution in [0.4, 0.5) is 0 Å². The maximum absolute atomic E-state index is 10.9. The Bertz CT molecular complexity index is 463. The maximum atomic E-state index is 10.9. The molecule has 2 aromatic rings. The summed E-state index contributed by atoms with van der Waals surface area (Å²) in [7, 11) is 0. The van der Waals surface area contributed by atoms with E-state index >= 15 is 0 Å². The van der Waals surface area contributed by atoms with Crippen molar-refractivity contribution in [3.63, 3.8) is 0 Å². The number of amides is 1. The third kappa shape index (κ3) is 2.68. The Balaban J connectivity index is 1.83. The van der Waals surface area contributed by atoms with Gasteiger partial charge in [-0.3, -0.25) is 4.79 Å². The van der Waals surface area contributed by atoms with E-state index in [9.17, 15) is 4.79 Å². The summed E-state index contributed by atoms with van der Waals surface area (Å²) in [4.78, 5) is 19.6. The van der Waals surface area contributed by atoms with Crippen LogP contribution in [0.1, 0.15) is 20.4 Å². The van der Waals surface area contributed by atoms with Gasteiger partial charge in [0.15, 0.2) is 0 Å². The number of imidazole rings is 1. The van der Waals surface area contributed by atoms with Gasteiger partial charge in [0, 0.05) is 23.8 Å². The molecule has 0 aliphatic carbocycles. The summed E-state index contributed by atoms with van der Waals surface area (Å²) < 4.78 is 0. The molecule has 5 nitrogen and oxygen atoms in total. The highest BCUT2D eigenvalue weighted by atomic mass is 32.1. The molecule has 6 heteroatoms. The largest absolute Gasteiger partial charge is 0.365 e. The molecular formula is C10H12N4OS. The molecule has 0 spiro atoms. The SMILES string of the molecule is NC(=O)c1ccc(CNCc2ncc[nH]2)s1. The Kier molecular flexibility index (Phi) is 3.33. The summed E-state index contributed by atoms with van der Waals surface area (Å²) in [5.41, 5.74) is 5.17. The number of nitrogens with one attached hydrogen (secondary N) is 2. The standard InChI is InChI=1S/C10H12N4OS/c11-10(15)8-2-1-7(16-8)5-12-6-9-13-3-4-14-9/h1-4,12H,5-6H2,(H2,11,15)(H,13,14). The molecule has 2 heterocycles. The Hall–Kier alpha value is -1.66. The number of carbonyl (C=O) groups excluding carboxylic acids is 1. The van der Waals surface area contributed by atoms with Gasteiger partial charge in [0.25, 0.3) is 5.91 Å². The molecule has 2 aromatic heterocycles. The quantitative estimate of drug-likeness (QED) is 0.720. The highest BCUT2D eigenvalue weighted by Crippen LogP contribution is 2.15. The lowest BCUT2D eigenvalue weighted by Gasteiger charge is -1.99. The summed E-state index contributed by atoms with van der Waals surface area (Å²) in [6, 6.07) is 3.65. The van der Waals surface area contributed by atoms with Gasteiger partial charge in [0.2, 0.25) is 0 Å². The number of aromatic nitrogens is 2. The second-order valence-corrected chi connectivity index (χ2v) is 4.44. The van der Waals surface area contributed by atoms with E-state index in [1.807, 2.05) is 6.07 Å². The number of hydrogen-bond donors (Lipinski definition) is 3. The van der Waals surface area contributed by atoms with Gasteiger partial charge in [0.05, 0.1) is 11.4 Å². The molecule has 1 amide bonds. The van der Waals surface area contributed by atoms with E-state index in [0.29, 0.717) is 18.0 Å². The fourth-order valence-corrected chi connectivity index (χ4v) is 2.13. The van der Waals surface area contributed by atoms with Gasteiger partial charge in [-0.25, -0.2) is 4.98 Å². The first kappa shape index (κ1) is 10.8. The van der Waals surface area contributed by atoms with E-state index in [0.717, 1.165) is 10.7 Å². The number of thiophene rings is 1. The van der Waals surface area contributed by atoms with Crippen molar-refractivity contribution in [2.24, 2.45) is 5.73 Å². The van der Waals surface area contributed by atoms with Gasteiger partial charge in [-0.2, -0.15) is 0 Å². The fourth-order valence-electron chi connectivity index (χ4n) is 1.30. The number of carbonyl (C=O) groups is 1. The predicted octanol–water partition coefficient (Wildman–Crippen LogP) is 0.860. The van der Waals surface area contributed by atoms with Crippen molar-refractivity contribution in [1.29, 1.82) is 0 Å². The van der Waals surface area contributed by atoms with Crippen LogP contribution < -0.4 is 11.1 Å². The molecule has 0 aromatic carbocycles. The van der Waals surface area contributed by atoms with Gasteiger partial charge in [-0.1, -0.05) is 0 Å². The van der Waals surface area contributed by atoms with E-state index in [2.05, 4.69) is 15.3 Å². The van der Waals surface area contributed by atoms with Crippen LogP contribution in [0, 0.1) is 0 Å². The zero-order valence-corrected chi connectivity index (χ0v) is 9.38. The normalized spacial score (nSPS) is 10.5. The summed E-state index contributed by atoms with van der Waals surface area (Å²) in [5, 5.41) is 3.22. The minimum Gasteiger partial charge on any atom is -0.365 e. The monoisotopic (exact) mass is 236 g/mol. The van der Waals surface area contributed by atoms with Crippen molar-refractivity contribution < 1.29 is 4.79 Å². The van der Waals surface area contributed by atoms with Crippen LogP contribution in [0.2, 0.25) is 0 Å². The number of primary amides is 1. The minimum atomic E-state index is -0.373. The molecule has 0 bridgehead atoms. The smallest absolute Gasteiger partial charge is 0.258 e. The Morgan fingerprint density at radius 3 is 3.00 bits per heavy atom. The third-order valence-corrected chi connectivity index (χ3v) is 3.15. The molecule has 84 valence electrons. The molecule has 0 saturated heterocycles. The Labute approximate surface area is 96.7 Å². The van der Waals surface area contributed by atoms with Crippen LogP contribution in [0.3, 0.4) is 0 Å². The number of aromatic amines is 1. The van der Waals surface area contributed by atoms with Crippen LogP contribution in [-0.2, 0) is 13.1 Å². The van der Waals surface area contributed by atoms with Crippen LogP contribution in [0.15, 0.2) is 24.5 Å². The average molecular weight is 236 g/mol. The van der Waals surface area contributed by atoms with Crippen LogP contribution in [0.25, 0.3) is 0 Å². The molecule has 0 fully saturated rings. The molecule has 0 radical (unpaired) electrons. The lowest BCUT2D eigenvalue weighted by Crippen LogP contribution is -2.12. The molecule has 2 rings (SSSR count). The van der Waals surface area contributed by atoms with Crippen LogP contribution in [-0.4, -0.2) is 15.9 Å². The first-order valence-corrected chi connectivity index (χ1v) is 5.65. The van der Waals surface area contributed by atoms with E-state index in [4.69, 9.17) is 5.73 Å². The number of rotatable bonds is 5. The Morgan fingerprint density at radius 2 is 2.38 bits per heavy atom. The number of hydrogen-bond acceptors (Lipinski definition) is 4. The van der Waals surface area contributed by atoms with E-state index < -0.39 is 0 Å². The van der Waals surface area contributed by atoms with Gasteiger partial charge >= 0.3 is 0 Å². The lowest BCUT2D eigenvalue weighted by atomic mass is 10.4. The van der Waals surface area contributed by atoms with Crippen molar-refractivity contribution in [3.8, 4) is 0 Å². The van der Waals surface area contributed by atoms with E-state index in [1.54, 1.807) is 18.5 Å². The van der Waals surface area contributed by atoms with E-state index in [1.165, 1.54) is 11.3 Å². The zero-order valence-electron chi connectivity index (χ0n) is 8.56. The highest BCUT2D eigenvalue weighted by Gasteiger charge is 2.04. The van der Waals surface area contributed by atoms with Gasteiger partial charge in [-0.15, -0.1) is 11.3 Å². The summed E-state index contributed by atoms with van der Waals surface area (Å²) in [6.07, 6.45) is 3.50. The topological polar surface area (TPSA) is 83.8 Å². The van der Waals surface area contributed by atoms with Crippen molar-refractivity contribution in [1.82, 2.24) is 15.3 Å². The molecule has 16 heavy (non-hydrogen) atoms. The highest BCUT2D eigenvalue weighted by molar-refractivity contribution is 7.14. The first-order chi connectivity index (χ1) is 7.75. The van der Waals surface area contributed by atoms with Gasteiger partial charge in [-0.05, 0) is 12.1 Å². The van der Waals surface area contributed by atoms with Crippen molar-refractivity contribution >= 4 is 17.2 Å². The molecule has 4 N–H and O–H groups in total. The minimum absolute atomic E-state index is 0.373. The van der Waals surface area contributed by atoms with E-state index in [-0.39, 0.29) is 5.91 Å². The summed E-state index contributed by atoms with van der Waals surface area (Å²) in [5.74, 6) is 0.522. The van der Waals surface area contributed by atoms with Gasteiger partial charge in [0.1, 0.15) is 5.82 Å². The first-order valence-electron chi connectivity index (χ1n) is 4.83. The molecule has 0 saturated carbocycles. The average Bonchev–Trinajstić information content (AvgIpc) is 2.87. The van der Waals surface area contributed by atoms with Crippen LogP contribution in [0.5, 0.6) is 0 Å². The molecule has 0 aliphatic heterocycles. The van der Waals surface area contributed by atoms with Crippen molar-refractivity contribution in [2.45, 2.75) is 13.1 Å². The molecule has 0 aliphatic rings. The predicted molar refractivity (Wildman–Crippen MR) is 62.0 cm³/mol. The second kappa shape index (κ2) is 4.91. The lowest BCUT2D eigenvalue weighted by molar-refractivity contribution is 0.100. The fraction of sp³-hybridized carbons (Fsp3) is 0.200. The Morgan fingerprint density at radius 1 is 1.50 bits per heavy atom. The summed E-state index contributed by atoms with van der Waals surface area (Å²) >= 11 is 1.41. The molecular weight excluding hydrogens is 224 g/mol. The number of nitrogens with zero attached hydrogens (tertiary/aromatic N) is 1.